The van der Waals surface area contributed by atoms with Gasteiger partial charge in [-0.3, -0.25) is 4.79 Å². The lowest BCUT2D eigenvalue weighted by Gasteiger charge is -2.36. The molecule has 2 aromatic carbocycles. The van der Waals surface area contributed by atoms with E-state index >= 15 is 0 Å². The third-order valence-corrected chi connectivity index (χ3v) is 6.55. The molecule has 1 spiro atoms. The third-order valence-electron chi connectivity index (χ3n) is 5.56. The normalized spacial score (nSPS) is 17.3. The highest BCUT2D eigenvalue weighted by Crippen LogP contribution is 2.39. The molecule has 5 nitrogen and oxygen atoms in total. The molecule has 158 valence electrons. The summed E-state index contributed by atoms with van der Waals surface area (Å²) in [6.07, 6.45) is 7.01. The Kier molecular flexibility index (Phi) is 6.62. The number of anilines is 2. The Morgan fingerprint density at radius 2 is 1.83 bits per heavy atom. The predicted molar refractivity (Wildman–Crippen MR) is 126 cm³/mol. The molecule has 4 rings (SSSR count). The average molecular weight is 424 g/mol. The standard InChI is InChI=1S/C24H29N3O2S/c1-2-29-19-13-11-18(12-14-19)25-22(28)17-30-23-20-9-5-6-10-21(20)26-24(27-23)15-7-3-4-8-16-24/h5-6,9-14,26H,2-4,7-8,15-17H2,1H3,(H,25,28). The van der Waals surface area contributed by atoms with Crippen molar-refractivity contribution in [2.45, 2.75) is 51.1 Å². The van der Waals surface area contributed by atoms with Gasteiger partial charge in [0.25, 0.3) is 0 Å². The number of nitrogens with zero attached hydrogens (tertiary/aromatic N) is 1. The second-order valence-corrected chi connectivity index (χ2v) is 8.79. The van der Waals surface area contributed by atoms with Crippen LogP contribution in [0.15, 0.2) is 53.5 Å². The number of hydrogen-bond donors (Lipinski definition) is 2. The molecule has 30 heavy (non-hydrogen) atoms. The van der Waals surface area contributed by atoms with E-state index in [9.17, 15) is 4.79 Å². The lowest BCUT2D eigenvalue weighted by molar-refractivity contribution is -0.113. The van der Waals surface area contributed by atoms with Crippen molar-refractivity contribution in [1.82, 2.24) is 0 Å². The molecule has 0 bridgehead atoms. The van der Waals surface area contributed by atoms with E-state index in [0.717, 1.165) is 40.6 Å². The summed E-state index contributed by atoms with van der Waals surface area (Å²) in [5.41, 5.74) is 2.77. The summed E-state index contributed by atoms with van der Waals surface area (Å²) < 4.78 is 5.45. The summed E-state index contributed by atoms with van der Waals surface area (Å²) in [5.74, 6) is 1.10. The number of fused-ring (bicyclic) bond motifs is 1. The lowest BCUT2D eigenvalue weighted by Crippen LogP contribution is -2.40. The van der Waals surface area contributed by atoms with Gasteiger partial charge in [-0.15, -0.1) is 0 Å². The van der Waals surface area contributed by atoms with Crippen molar-refractivity contribution in [3.05, 3.63) is 54.1 Å². The van der Waals surface area contributed by atoms with Crippen LogP contribution in [0.3, 0.4) is 0 Å². The number of rotatable bonds is 5. The van der Waals surface area contributed by atoms with Crippen molar-refractivity contribution in [1.29, 1.82) is 0 Å². The third kappa shape index (κ3) is 4.98. The predicted octanol–water partition coefficient (Wildman–Crippen LogP) is 5.68. The quantitative estimate of drug-likeness (QED) is 0.649. The molecular formula is C24H29N3O2S. The Morgan fingerprint density at radius 3 is 2.57 bits per heavy atom. The van der Waals surface area contributed by atoms with Crippen LogP contribution in [-0.2, 0) is 4.79 Å². The number of thioether (sulfide) groups is 1. The summed E-state index contributed by atoms with van der Waals surface area (Å²) in [6.45, 7) is 2.58. The van der Waals surface area contributed by atoms with E-state index in [-0.39, 0.29) is 11.6 Å². The van der Waals surface area contributed by atoms with E-state index in [1.165, 1.54) is 37.4 Å². The summed E-state index contributed by atoms with van der Waals surface area (Å²) >= 11 is 1.53. The molecule has 0 aromatic heterocycles. The molecule has 2 N–H and O–H groups in total. The fourth-order valence-electron chi connectivity index (χ4n) is 4.10. The van der Waals surface area contributed by atoms with Crippen LogP contribution in [0.4, 0.5) is 11.4 Å². The van der Waals surface area contributed by atoms with Crippen molar-refractivity contribution in [2.75, 3.05) is 23.0 Å². The van der Waals surface area contributed by atoms with E-state index in [2.05, 4.69) is 28.8 Å². The van der Waals surface area contributed by atoms with Gasteiger partial charge in [0.05, 0.1) is 12.4 Å². The Bertz CT molecular complexity index is 903. The zero-order valence-corrected chi connectivity index (χ0v) is 18.3. The molecule has 2 aliphatic rings. The minimum Gasteiger partial charge on any atom is -0.494 e. The number of carbonyl (C=O) groups excluding carboxylic acids is 1. The molecule has 1 fully saturated rings. The van der Waals surface area contributed by atoms with Gasteiger partial charge in [0.1, 0.15) is 16.5 Å². The van der Waals surface area contributed by atoms with Crippen molar-refractivity contribution >= 4 is 34.1 Å². The van der Waals surface area contributed by atoms with Crippen molar-refractivity contribution < 1.29 is 9.53 Å². The minimum absolute atomic E-state index is 0.0298. The van der Waals surface area contributed by atoms with Crippen molar-refractivity contribution in [3.63, 3.8) is 0 Å². The number of para-hydroxylation sites is 1. The first-order valence-electron chi connectivity index (χ1n) is 10.8. The molecule has 0 unspecified atom stereocenters. The molecule has 1 heterocycles. The van der Waals surface area contributed by atoms with E-state index in [0.29, 0.717) is 12.4 Å². The molecular weight excluding hydrogens is 394 g/mol. The van der Waals surface area contributed by atoms with Crippen LogP contribution in [0.2, 0.25) is 0 Å². The van der Waals surface area contributed by atoms with Gasteiger partial charge in [0.15, 0.2) is 0 Å². The maximum absolute atomic E-state index is 12.6. The van der Waals surface area contributed by atoms with Gasteiger partial charge in [-0.2, -0.15) is 0 Å². The van der Waals surface area contributed by atoms with E-state index in [1.54, 1.807) is 0 Å². The van der Waals surface area contributed by atoms with Gasteiger partial charge in [-0.25, -0.2) is 4.99 Å². The maximum atomic E-state index is 12.6. The van der Waals surface area contributed by atoms with Gasteiger partial charge in [0.2, 0.25) is 5.91 Å². The second-order valence-electron chi connectivity index (χ2n) is 7.83. The molecule has 1 aliphatic heterocycles. The van der Waals surface area contributed by atoms with E-state index < -0.39 is 0 Å². The Labute approximate surface area is 182 Å². The van der Waals surface area contributed by atoms with Gasteiger partial charge in [-0.05, 0) is 62.9 Å². The first-order chi connectivity index (χ1) is 14.7. The van der Waals surface area contributed by atoms with E-state index in [4.69, 9.17) is 9.73 Å². The number of nitrogens with one attached hydrogen (secondary N) is 2. The lowest BCUT2D eigenvalue weighted by atomic mass is 9.97. The highest BCUT2D eigenvalue weighted by Gasteiger charge is 2.35. The van der Waals surface area contributed by atoms with Gasteiger partial charge in [-0.1, -0.05) is 42.8 Å². The molecule has 0 radical (unpaired) electrons. The second kappa shape index (κ2) is 9.56. The number of aliphatic imine (C=N–C) groups is 1. The highest BCUT2D eigenvalue weighted by molar-refractivity contribution is 8.15. The Hall–Kier alpha value is -2.47. The summed E-state index contributed by atoms with van der Waals surface area (Å²) in [7, 11) is 0. The van der Waals surface area contributed by atoms with Crippen molar-refractivity contribution in [3.8, 4) is 5.75 Å². The fraction of sp³-hybridized carbons (Fsp3) is 0.417. The molecule has 1 aliphatic carbocycles. The SMILES string of the molecule is CCOc1ccc(NC(=O)CSC2=NC3(CCCCCC3)Nc3ccccc32)cc1. The topological polar surface area (TPSA) is 62.7 Å². The Balaban J connectivity index is 1.44. The summed E-state index contributed by atoms with van der Waals surface area (Å²) in [6, 6.07) is 15.8. The fourth-order valence-corrected chi connectivity index (χ4v) is 5.02. The van der Waals surface area contributed by atoms with Crippen LogP contribution in [0.5, 0.6) is 5.75 Å². The largest absolute Gasteiger partial charge is 0.494 e. The number of ether oxygens (including phenoxy) is 1. The van der Waals surface area contributed by atoms with Crippen LogP contribution >= 0.6 is 11.8 Å². The number of amides is 1. The number of carbonyl (C=O) groups is 1. The zero-order chi connectivity index (χ0) is 20.8. The van der Waals surface area contributed by atoms with Crippen LogP contribution in [0.1, 0.15) is 51.0 Å². The highest BCUT2D eigenvalue weighted by atomic mass is 32.2. The minimum atomic E-state index is -0.223. The van der Waals surface area contributed by atoms with Crippen LogP contribution in [0.25, 0.3) is 0 Å². The first-order valence-corrected chi connectivity index (χ1v) is 11.8. The maximum Gasteiger partial charge on any atom is 0.234 e. The first kappa shape index (κ1) is 20.8. The molecule has 2 aromatic rings. The molecule has 1 saturated carbocycles. The molecule has 6 heteroatoms. The van der Waals surface area contributed by atoms with E-state index in [1.807, 2.05) is 37.3 Å². The smallest absolute Gasteiger partial charge is 0.234 e. The van der Waals surface area contributed by atoms with Gasteiger partial charge >= 0.3 is 0 Å². The summed E-state index contributed by atoms with van der Waals surface area (Å²) in [5, 5.41) is 7.65. The van der Waals surface area contributed by atoms with Crippen LogP contribution < -0.4 is 15.4 Å². The molecule has 0 saturated heterocycles. The van der Waals surface area contributed by atoms with Gasteiger partial charge in [0, 0.05) is 16.9 Å². The number of hydrogen-bond acceptors (Lipinski definition) is 5. The Morgan fingerprint density at radius 1 is 1.10 bits per heavy atom. The summed E-state index contributed by atoms with van der Waals surface area (Å²) in [4.78, 5) is 17.7. The van der Waals surface area contributed by atoms with Gasteiger partial charge < -0.3 is 15.4 Å². The number of benzene rings is 2. The zero-order valence-electron chi connectivity index (χ0n) is 17.4. The van der Waals surface area contributed by atoms with Crippen molar-refractivity contribution in [2.24, 2.45) is 4.99 Å². The molecule has 1 amide bonds. The monoisotopic (exact) mass is 423 g/mol. The average Bonchev–Trinajstić information content (AvgIpc) is 2.99. The van der Waals surface area contributed by atoms with Crippen LogP contribution in [0, 0.1) is 0 Å². The molecule has 0 atom stereocenters. The van der Waals surface area contributed by atoms with Crippen LogP contribution in [-0.4, -0.2) is 29.0 Å².